The molecule has 1 unspecified atom stereocenters. The molecule has 0 aromatic heterocycles. The van der Waals surface area contributed by atoms with Crippen molar-refractivity contribution in [3.63, 3.8) is 0 Å². The fourth-order valence-electron chi connectivity index (χ4n) is 3.14. The van der Waals surface area contributed by atoms with Gasteiger partial charge in [0.05, 0.1) is 27.0 Å². The highest BCUT2D eigenvalue weighted by Gasteiger charge is 2.46. The first-order chi connectivity index (χ1) is 13.8. The SMILES string of the molecule is COc1ccc(N2C(=O)C(=O)N(C[NH+](C)Cc3cc(Cl)ccc3OC)C2=O)cc1. The maximum Gasteiger partial charge on any atom is 0.343 e. The Kier molecular flexibility index (Phi) is 6.05. The van der Waals surface area contributed by atoms with Gasteiger partial charge in [0, 0.05) is 10.6 Å². The summed E-state index contributed by atoms with van der Waals surface area (Å²) in [6.07, 6.45) is 0. The fraction of sp³-hybridized carbons (Fsp3) is 0.250. The largest absolute Gasteiger partial charge is 0.497 e. The number of quaternary nitrogens is 1. The molecule has 1 N–H and O–H groups in total. The zero-order chi connectivity index (χ0) is 21.1. The number of hydrogen-bond acceptors (Lipinski definition) is 5. The van der Waals surface area contributed by atoms with Crippen LogP contribution in [0.4, 0.5) is 10.5 Å². The van der Waals surface area contributed by atoms with Gasteiger partial charge in [0.2, 0.25) is 0 Å². The van der Waals surface area contributed by atoms with Crippen LogP contribution in [0.3, 0.4) is 0 Å². The van der Waals surface area contributed by atoms with E-state index in [1.165, 1.54) is 7.11 Å². The molecule has 2 aromatic rings. The molecule has 1 saturated heterocycles. The summed E-state index contributed by atoms with van der Waals surface area (Å²) in [5, 5.41) is 0.558. The van der Waals surface area contributed by atoms with E-state index in [4.69, 9.17) is 21.1 Å². The third kappa shape index (κ3) is 4.18. The van der Waals surface area contributed by atoms with Crippen molar-refractivity contribution in [1.82, 2.24) is 4.90 Å². The Morgan fingerprint density at radius 3 is 2.28 bits per heavy atom. The average Bonchev–Trinajstić information content (AvgIpc) is 2.91. The lowest BCUT2D eigenvalue weighted by atomic mass is 10.2. The van der Waals surface area contributed by atoms with Crippen LogP contribution in [0.2, 0.25) is 5.02 Å². The van der Waals surface area contributed by atoms with Gasteiger partial charge in [-0.25, -0.2) is 14.6 Å². The van der Waals surface area contributed by atoms with Gasteiger partial charge < -0.3 is 14.4 Å². The molecule has 4 amide bonds. The lowest BCUT2D eigenvalue weighted by Gasteiger charge is -2.21. The zero-order valence-corrected chi connectivity index (χ0v) is 17.0. The number of halogens is 1. The molecule has 152 valence electrons. The van der Waals surface area contributed by atoms with Crippen LogP contribution in [-0.2, 0) is 16.1 Å². The van der Waals surface area contributed by atoms with E-state index in [0.29, 0.717) is 28.8 Å². The second-order valence-corrected chi connectivity index (χ2v) is 7.04. The average molecular weight is 419 g/mol. The van der Waals surface area contributed by atoms with E-state index in [1.807, 2.05) is 0 Å². The molecule has 1 aliphatic rings. The van der Waals surface area contributed by atoms with Crippen molar-refractivity contribution in [3.8, 4) is 11.5 Å². The Labute approximate surface area is 173 Å². The van der Waals surface area contributed by atoms with Gasteiger partial charge in [-0.3, -0.25) is 9.59 Å². The molecule has 1 heterocycles. The van der Waals surface area contributed by atoms with E-state index < -0.39 is 17.8 Å². The number of imide groups is 2. The number of amides is 4. The molecule has 8 nitrogen and oxygen atoms in total. The van der Waals surface area contributed by atoms with Crippen molar-refractivity contribution in [2.45, 2.75) is 6.54 Å². The lowest BCUT2D eigenvalue weighted by molar-refractivity contribution is -0.901. The molecule has 0 spiro atoms. The van der Waals surface area contributed by atoms with E-state index in [1.54, 1.807) is 56.6 Å². The van der Waals surface area contributed by atoms with E-state index in [9.17, 15) is 14.4 Å². The molecule has 29 heavy (non-hydrogen) atoms. The topological polar surface area (TPSA) is 80.6 Å². The number of carbonyl (C=O) groups is 3. The predicted octanol–water partition coefficient (Wildman–Crippen LogP) is 1.32. The highest BCUT2D eigenvalue weighted by atomic mass is 35.5. The van der Waals surface area contributed by atoms with Gasteiger partial charge in [-0.1, -0.05) is 11.6 Å². The second kappa shape index (κ2) is 8.50. The van der Waals surface area contributed by atoms with Crippen molar-refractivity contribution in [1.29, 1.82) is 0 Å². The first-order valence-corrected chi connectivity index (χ1v) is 9.21. The highest BCUT2D eigenvalue weighted by Crippen LogP contribution is 2.24. The molecule has 1 aliphatic heterocycles. The first-order valence-electron chi connectivity index (χ1n) is 8.83. The number of ether oxygens (including phenoxy) is 2. The third-order valence-electron chi connectivity index (χ3n) is 4.55. The Morgan fingerprint density at radius 1 is 0.966 bits per heavy atom. The van der Waals surface area contributed by atoms with Gasteiger partial charge in [-0.2, -0.15) is 0 Å². The van der Waals surface area contributed by atoms with Gasteiger partial charge >= 0.3 is 17.8 Å². The molecule has 0 saturated carbocycles. The molecule has 3 rings (SSSR count). The number of nitrogens with one attached hydrogen (secondary N) is 1. The number of methoxy groups -OCH3 is 2. The summed E-state index contributed by atoms with van der Waals surface area (Å²) in [6.45, 7) is 0.462. The van der Waals surface area contributed by atoms with Crippen LogP contribution in [0, 0.1) is 0 Å². The van der Waals surface area contributed by atoms with Crippen molar-refractivity contribution < 1.29 is 28.8 Å². The Hall–Kier alpha value is -3.10. The maximum absolute atomic E-state index is 12.8. The lowest BCUT2D eigenvalue weighted by Crippen LogP contribution is -3.09. The minimum absolute atomic E-state index is 0.0196. The van der Waals surface area contributed by atoms with Gasteiger partial charge in [-0.05, 0) is 42.5 Å². The molecular weight excluding hydrogens is 398 g/mol. The summed E-state index contributed by atoms with van der Waals surface area (Å²) < 4.78 is 10.4. The molecule has 0 bridgehead atoms. The van der Waals surface area contributed by atoms with E-state index in [2.05, 4.69) is 0 Å². The number of nitrogens with zero attached hydrogens (tertiary/aromatic N) is 2. The van der Waals surface area contributed by atoms with Crippen LogP contribution in [0.25, 0.3) is 0 Å². The number of benzene rings is 2. The summed E-state index contributed by atoms with van der Waals surface area (Å²) in [7, 11) is 4.88. The Balaban J connectivity index is 1.75. The van der Waals surface area contributed by atoms with Gasteiger partial charge in [-0.15, -0.1) is 0 Å². The molecule has 0 radical (unpaired) electrons. The number of rotatable bonds is 7. The van der Waals surface area contributed by atoms with Crippen molar-refractivity contribution in [2.24, 2.45) is 0 Å². The summed E-state index contributed by atoms with van der Waals surface area (Å²) in [5.74, 6) is -0.504. The summed E-state index contributed by atoms with van der Waals surface area (Å²) in [4.78, 5) is 40.2. The number of carbonyl (C=O) groups excluding carboxylic acids is 3. The number of urea groups is 1. The first kappa shape index (κ1) is 20.6. The summed E-state index contributed by atoms with van der Waals surface area (Å²) in [6, 6.07) is 10.9. The molecule has 0 aliphatic carbocycles. The molecule has 1 atom stereocenters. The number of hydrogen-bond donors (Lipinski definition) is 1. The molecular formula is C20H21ClN3O5+. The quantitative estimate of drug-likeness (QED) is 0.542. The summed E-state index contributed by atoms with van der Waals surface area (Å²) >= 11 is 6.06. The second-order valence-electron chi connectivity index (χ2n) is 6.60. The molecule has 9 heteroatoms. The standard InChI is InChI=1S/C20H20ClN3O5/c1-22(11-13-10-14(21)4-9-17(13)29-3)12-23-18(25)19(26)24(20(23)27)15-5-7-16(28-2)8-6-15/h4-10H,11-12H2,1-3H3/p+1. The minimum atomic E-state index is -0.881. The molecule has 1 fully saturated rings. The molecule has 2 aromatic carbocycles. The van der Waals surface area contributed by atoms with Gasteiger partial charge in [0.25, 0.3) is 0 Å². The van der Waals surface area contributed by atoms with Crippen molar-refractivity contribution in [2.75, 3.05) is 32.8 Å². The van der Waals surface area contributed by atoms with Gasteiger partial charge in [0.1, 0.15) is 18.0 Å². The van der Waals surface area contributed by atoms with Crippen LogP contribution in [0.1, 0.15) is 5.56 Å². The zero-order valence-electron chi connectivity index (χ0n) is 16.3. The van der Waals surface area contributed by atoms with Crippen LogP contribution in [-0.4, -0.2) is 50.7 Å². The summed E-state index contributed by atoms with van der Waals surface area (Å²) in [5.41, 5.74) is 1.14. The highest BCUT2D eigenvalue weighted by molar-refractivity contribution is 6.52. The number of anilines is 1. The van der Waals surface area contributed by atoms with Crippen molar-refractivity contribution >= 4 is 35.1 Å². The van der Waals surface area contributed by atoms with Crippen molar-refractivity contribution in [3.05, 3.63) is 53.1 Å². The van der Waals surface area contributed by atoms with E-state index in [-0.39, 0.29) is 6.67 Å². The third-order valence-corrected chi connectivity index (χ3v) is 4.78. The Bertz CT molecular complexity index is 948. The normalized spacial score (nSPS) is 15.1. The van der Waals surface area contributed by atoms with Crippen LogP contribution in [0.15, 0.2) is 42.5 Å². The monoisotopic (exact) mass is 418 g/mol. The van der Waals surface area contributed by atoms with Gasteiger partial charge in [0.15, 0.2) is 6.67 Å². The minimum Gasteiger partial charge on any atom is -0.497 e. The smallest absolute Gasteiger partial charge is 0.343 e. The van der Waals surface area contributed by atoms with Crippen LogP contribution in [0.5, 0.6) is 11.5 Å². The van der Waals surface area contributed by atoms with E-state index in [0.717, 1.165) is 20.3 Å². The van der Waals surface area contributed by atoms with E-state index >= 15 is 0 Å². The Morgan fingerprint density at radius 2 is 1.66 bits per heavy atom. The fourth-order valence-corrected chi connectivity index (χ4v) is 3.33. The predicted molar refractivity (Wildman–Crippen MR) is 106 cm³/mol. The van der Waals surface area contributed by atoms with Crippen LogP contribution >= 0.6 is 11.6 Å². The maximum atomic E-state index is 12.8. The van der Waals surface area contributed by atoms with Crippen LogP contribution < -0.4 is 19.3 Å².